The minimum absolute atomic E-state index is 0.122. The van der Waals surface area contributed by atoms with E-state index < -0.39 is 0 Å². The van der Waals surface area contributed by atoms with Crippen LogP contribution in [0.5, 0.6) is 5.75 Å². The van der Waals surface area contributed by atoms with Crippen molar-refractivity contribution < 1.29 is 4.74 Å². The fourth-order valence-electron chi connectivity index (χ4n) is 1.27. The summed E-state index contributed by atoms with van der Waals surface area (Å²) in [4.78, 5) is 14.5. The highest BCUT2D eigenvalue weighted by molar-refractivity contribution is 5.32. The number of rotatable bonds is 3. The standard InChI is InChI=1S/C10H16N2O2/c1-10(2,6-11)9-8(14-3)7(13)4-5-12-9/h4-5H,6,11H2,1-3H3,(H,12,13). The number of ether oxygens (including phenoxy) is 1. The third kappa shape index (κ3) is 1.80. The highest BCUT2D eigenvalue weighted by Crippen LogP contribution is 2.25. The maximum atomic E-state index is 11.4. The first-order chi connectivity index (χ1) is 6.53. The van der Waals surface area contributed by atoms with Crippen LogP contribution in [0, 0.1) is 0 Å². The van der Waals surface area contributed by atoms with Crippen molar-refractivity contribution in [1.82, 2.24) is 4.98 Å². The second-order valence-corrected chi connectivity index (χ2v) is 3.84. The molecule has 78 valence electrons. The largest absolute Gasteiger partial charge is 0.491 e. The van der Waals surface area contributed by atoms with E-state index in [9.17, 15) is 4.79 Å². The number of methoxy groups -OCH3 is 1. The second kappa shape index (κ2) is 3.84. The third-order valence-electron chi connectivity index (χ3n) is 2.30. The van der Waals surface area contributed by atoms with E-state index in [1.807, 2.05) is 13.8 Å². The number of pyridine rings is 1. The van der Waals surface area contributed by atoms with Crippen molar-refractivity contribution >= 4 is 0 Å². The molecule has 1 rings (SSSR count). The molecule has 0 aliphatic carbocycles. The zero-order valence-corrected chi connectivity index (χ0v) is 8.76. The van der Waals surface area contributed by atoms with E-state index in [0.29, 0.717) is 12.3 Å². The Morgan fingerprint density at radius 3 is 2.71 bits per heavy atom. The van der Waals surface area contributed by atoms with Gasteiger partial charge in [0.15, 0.2) is 5.75 Å². The Hall–Kier alpha value is -1.29. The summed E-state index contributed by atoms with van der Waals surface area (Å²) >= 11 is 0. The molecule has 3 N–H and O–H groups in total. The zero-order valence-electron chi connectivity index (χ0n) is 8.76. The molecule has 1 aromatic rings. The average Bonchev–Trinajstić information content (AvgIpc) is 2.17. The van der Waals surface area contributed by atoms with Gasteiger partial charge in [0.1, 0.15) is 0 Å². The lowest BCUT2D eigenvalue weighted by atomic mass is 9.88. The minimum atomic E-state index is -0.286. The molecule has 0 bridgehead atoms. The minimum Gasteiger partial charge on any atom is -0.491 e. The van der Waals surface area contributed by atoms with Crippen molar-refractivity contribution in [3.05, 3.63) is 28.2 Å². The Morgan fingerprint density at radius 2 is 2.21 bits per heavy atom. The van der Waals surface area contributed by atoms with Gasteiger partial charge < -0.3 is 15.5 Å². The second-order valence-electron chi connectivity index (χ2n) is 3.84. The summed E-state index contributed by atoms with van der Waals surface area (Å²) in [5, 5.41) is 0. The first-order valence-corrected chi connectivity index (χ1v) is 4.49. The quantitative estimate of drug-likeness (QED) is 0.744. The summed E-state index contributed by atoms with van der Waals surface area (Å²) in [5.74, 6) is 0.350. The summed E-state index contributed by atoms with van der Waals surface area (Å²) in [6.45, 7) is 4.37. The van der Waals surface area contributed by atoms with Crippen molar-refractivity contribution in [3.63, 3.8) is 0 Å². The molecule has 0 saturated carbocycles. The zero-order chi connectivity index (χ0) is 10.8. The van der Waals surface area contributed by atoms with Gasteiger partial charge in [-0.3, -0.25) is 4.79 Å². The highest BCUT2D eigenvalue weighted by atomic mass is 16.5. The Morgan fingerprint density at radius 1 is 1.57 bits per heavy atom. The third-order valence-corrected chi connectivity index (χ3v) is 2.30. The maximum Gasteiger partial charge on any atom is 0.223 e. The molecule has 1 heterocycles. The number of aromatic nitrogens is 1. The normalized spacial score (nSPS) is 11.4. The SMILES string of the molecule is COc1c(C(C)(C)CN)[nH]ccc1=O. The van der Waals surface area contributed by atoms with Crippen LogP contribution in [-0.2, 0) is 5.41 Å². The predicted octanol–water partition coefficient (Wildman–Crippen LogP) is 0.620. The van der Waals surface area contributed by atoms with Crippen molar-refractivity contribution in [3.8, 4) is 5.75 Å². The van der Waals surface area contributed by atoms with Crippen LogP contribution in [0.15, 0.2) is 17.1 Å². The molecule has 0 aromatic carbocycles. The number of hydrogen-bond donors (Lipinski definition) is 2. The molecule has 0 atom stereocenters. The van der Waals surface area contributed by atoms with E-state index in [-0.39, 0.29) is 10.8 Å². The number of aromatic amines is 1. The van der Waals surface area contributed by atoms with Crippen LogP contribution in [0.1, 0.15) is 19.5 Å². The van der Waals surface area contributed by atoms with Gasteiger partial charge >= 0.3 is 0 Å². The molecule has 4 nitrogen and oxygen atoms in total. The number of hydrogen-bond acceptors (Lipinski definition) is 3. The first kappa shape index (κ1) is 10.8. The summed E-state index contributed by atoms with van der Waals surface area (Å²) in [6, 6.07) is 1.44. The van der Waals surface area contributed by atoms with Gasteiger partial charge in [-0.2, -0.15) is 0 Å². The van der Waals surface area contributed by atoms with Gasteiger partial charge in [0.05, 0.1) is 12.8 Å². The molecule has 0 spiro atoms. The Labute approximate surface area is 83.1 Å². The smallest absolute Gasteiger partial charge is 0.223 e. The number of H-pyrrole nitrogens is 1. The molecule has 0 saturated heterocycles. The van der Waals surface area contributed by atoms with E-state index in [2.05, 4.69) is 4.98 Å². The summed E-state index contributed by atoms with van der Waals surface area (Å²) in [5.41, 5.74) is 5.97. The maximum absolute atomic E-state index is 11.4. The van der Waals surface area contributed by atoms with Crippen LogP contribution >= 0.6 is 0 Å². The molecule has 0 aliphatic rings. The monoisotopic (exact) mass is 196 g/mol. The van der Waals surface area contributed by atoms with Crippen LogP contribution in [0.3, 0.4) is 0 Å². The predicted molar refractivity (Wildman–Crippen MR) is 55.7 cm³/mol. The van der Waals surface area contributed by atoms with Crippen LogP contribution in [0.25, 0.3) is 0 Å². The van der Waals surface area contributed by atoms with E-state index in [0.717, 1.165) is 5.69 Å². The first-order valence-electron chi connectivity index (χ1n) is 4.49. The summed E-state index contributed by atoms with van der Waals surface area (Å²) in [7, 11) is 1.49. The molecular formula is C10H16N2O2. The Kier molecular flexibility index (Phi) is 2.96. The van der Waals surface area contributed by atoms with Gasteiger partial charge in [0.2, 0.25) is 5.43 Å². The van der Waals surface area contributed by atoms with Crippen molar-refractivity contribution in [1.29, 1.82) is 0 Å². The Balaban J connectivity index is 3.34. The van der Waals surface area contributed by atoms with Crippen LogP contribution in [0.2, 0.25) is 0 Å². The molecule has 0 aliphatic heterocycles. The van der Waals surface area contributed by atoms with Crippen LogP contribution in [-0.4, -0.2) is 18.6 Å². The van der Waals surface area contributed by atoms with Crippen molar-refractivity contribution in [2.45, 2.75) is 19.3 Å². The lowest BCUT2D eigenvalue weighted by Crippen LogP contribution is -2.31. The Bertz CT molecular complexity index is 369. The molecule has 0 fully saturated rings. The van der Waals surface area contributed by atoms with Gasteiger partial charge in [-0.1, -0.05) is 13.8 Å². The fraction of sp³-hybridized carbons (Fsp3) is 0.500. The van der Waals surface area contributed by atoms with E-state index in [1.54, 1.807) is 6.20 Å². The summed E-state index contributed by atoms with van der Waals surface area (Å²) in [6.07, 6.45) is 1.61. The van der Waals surface area contributed by atoms with E-state index >= 15 is 0 Å². The van der Waals surface area contributed by atoms with Crippen LogP contribution in [0.4, 0.5) is 0 Å². The molecule has 0 unspecified atom stereocenters. The van der Waals surface area contributed by atoms with Crippen molar-refractivity contribution in [2.24, 2.45) is 5.73 Å². The van der Waals surface area contributed by atoms with Gasteiger partial charge in [-0.25, -0.2) is 0 Å². The molecule has 4 heteroatoms. The van der Waals surface area contributed by atoms with Gasteiger partial charge in [-0.05, 0) is 0 Å². The molecule has 0 radical (unpaired) electrons. The van der Waals surface area contributed by atoms with Gasteiger partial charge in [0.25, 0.3) is 0 Å². The molecular weight excluding hydrogens is 180 g/mol. The number of nitrogens with two attached hydrogens (primary N) is 1. The average molecular weight is 196 g/mol. The number of nitrogens with one attached hydrogen (secondary N) is 1. The van der Waals surface area contributed by atoms with E-state index in [1.165, 1.54) is 13.2 Å². The lowest BCUT2D eigenvalue weighted by Gasteiger charge is -2.24. The van der Waals surface area contributed by atoms with Gasteiger partial charge in [0, 0.05) is 24.2 Å². The van der Waals surface area contributed by atoms with E-state index in [4.69, 9.17) is 10.5 Å². The summed E-state index contributed by atoms with van der Waals surface area (Å²) < 4.78 is 5.06. The van der Waals surface area contributed by atoms with Crippen LogP contribution < -0.4 is 15.9 Å². The highest BCUT2D eigenvalue weighted by Gasteiger charge is 2.24. The molecule has 14 heavy (non-hydrogen) atoms. The molecule has 1 aromatic heterocycles. The van der Waals surface area contributed by atoms with Gasteiger partial charge in [-0.15, -0.1) is 0 Å². The van der Waals surface area contributed by atoms with Crippen molar-refractivity contribution in [2.75, 3.05) is 13.7 Å². The lowest BCUT2D eigenvalue weighted by molar-refractivity contribution is 0.383. The molecule has 0 amide bonds. The fourth-order valence-corrected chi connectivity index (χ4v) is 1.27. The topological polar surface area (TPSA) is 68.1 Å².